The summed E-state index contributed by atoms with van der Waals surface area (Å²) in [7, 11) is 0. The normalized spacial score (nSPS) is 10.6. The fraction of sp³-hybridized carbons (Fsp3) is 0. The van der Waals surface area contributed by atoms with E-state index in [9.17, 15) is 0 Å². The molecule has 6 heteroatoms. The van der Waals surface area contributed by atoms with Crippen LogP contribution in [0.5, 0.6) is 0 Å². The minimum absolute atomic E-state index is 0.0132. The number of nitriles is 2. The number of rotatable bonds is 4. The molecule has 0 aromatic heterocycles. The molecule has 0 amide bonds. The molecular formula is C18H9Cl3N2S. The summed E-state index contributed by atoms with van der Waals surface area (Å²) in [6.45, 7) is 0. The number of nitrogens with zero attached hydrogens (tertiary/aromatic N) is 2. The number of thioether (sulfide) groups is 1. The van der Waals surface area contributed by atoms with Crippen molar-refractivity contribution in [1.29, 1.82) is 10.5 Å². The third-order valence-corrected chi connectivity index (χ3v) is 4.96. The lowest BCUT2D eigenvalue weighted by Crippen LogP contribution is -1.83. The van der Waals surface area contributed by atoms with Crippen LogP contribution in [-0.2, 0) is 0 Å². The zero-order valence-corrected chi connectivity index (χ0v) is 15.2. The molecule has 2 aromatic carbocycles. The molecule has 0 atom stereocenters. The minimum atomic E-state index is 0.0132. The summed E-state index contributed by atoms with van der Waals surface area (Å²) >= 11 is 19.6. The molecule has 0 bridgehead atoms. The molecule has 0 saturated heterocycles. The van der Waals surface area contributed by atoms with E-state index in [1.807, 2.05) is 24.3 Å². The summed E-state index contributed by atoms with van der Waals surface area (Å²) in [5.74, 6) is 0. The number of allylic oxidation sites excluding steroid dienone is 3. The largest absolute Gasteiger partial charge is 0.192 e. The van der Waals surface area contributed by atoms with Crippen molar-refractivity contribution in [2.75, 3.05) is 0 Å². The quantitative estimate of drug-likeness (QED) is 0.329. The highest BCUT2D eigenvalue weighted by Crippen LogP contribution is 2.39. The van der Waals surface area contributed by atoms with E-state index in [0.29, 0.717) is 15.1 Å². The topological polar surface area (TPSA) is 47.6 Å². The maximum Gasteiger partial charge on any atom is 0.129 e. The van der Waals surface area contributed by atoms with E-state index in [-0.39, 0.29) is 5.57 Å². The van der Waals surface area contributed by atoms with Crippen molar-refractivity contribution in [2.45, 2.75) is 4.90 Å². The predicted molar refractivity (Wildman–Crippen MR) is 101 cm³/mol. The summed E-state index contributed by atoms with van der Waals surface area (Å²) < 4.78 is 0. The van der Waals surface area contributed by atoms with Gasteiger partial charge in [-0.25, -0.2) is 0 Å². The molecule has 0 aliphatic heterocycles. The van der Waals surface area contributed by atoms with Crippen LogP contribution in [0.2, 0.25) is 15.1 Å². The van der Waals surface area contributed by atoms with Crippen molar-refractivity contribution in [3.63, 3.8) is 0 Å². The van der Waals surface area contributed by atoms with Crippen molar-refractivity contribution in [3.05, 3.63) is 80.8 Å². The van der Waals surface area contributed by atoms with Crippen molar-refractivity contribution < 1.29 is 0 Å². The molecule has 0 spiro atoms. The number of halogens is 3. The van der Waals surface area contributed by atoms with E-state index in [4.69, 9.17) is 45.3 Å². The van der Waals surface area contributed by atoms with Crippen LogP contribution in [0, 0.1) is 22.7 Å². The van der Waals surface area contributed by atoms with Crippen molar-refractivity contribution in [3.8, 4) is 12.1 Å². The summed E-state index contributed by atoms with van der Waals surface area (Å²) in [4.78, 5) is 1.58. The van der Waals surface area contributed by atoms with Crippen LogP contribution in [-0.4, -0.2) is 0 Å². The lowest BCUT2D eigenvalue weighted by molar-refractivity contribution is 1.46. The molecule has 0 aliphatic carbocycles. The Hall–Kier alpha value is -1.88. The van der Waals surface area contributed by atoms with Gasteiger partial charge >= 0.3 is 0 Å². The Morgan fingerprint density at radius 3 is 2.12 bits per heavy atom. The standard InChI is InChI=1S/C18H9Cl3N2S/c19-14-4-2-13(3-5-14)17(8-1-12(10-22)11-23)24-18-9-15(20)6-7-16(18)21/h1-9H/b17-8+. The monoisotopic (exact) mass is 390 g/mol. The van der Waals surface area contributed by atoms with Gasteiger partial charge in [0.05, 0.1) is 5.02 Å². The van der Waals surface area contributed by atoms with Gasteiger partial charge in [0, 0.05) is 19.8 Å². The third-order valence-electron chi connectivity index (χ3n) is 2.88. The average Bonchev–Trinajstić information content (AvgIpc) is 2.58. The zero-order chi connectivity index (χ0) is 17.5. The maximum absolute atomic E-state index is 8.88. The second-order valence-electron chi connectivity index (χ2n) is 4.52. The number of benzene rings is 2. The Kier molecular flexibility index (Phi) is 6.79. The Balaban J connectivity index is 2.47. The highest BCUT2D eigenvalue weighted by atomic mass is 35.5. The molecular weight excluding hydrogens is 383 g/mol. The van der Waals surface area contributed by atoms with E-state index >= 15 is 0 Å². The van der Waals surface area contributed by atoms with Crippen LogP contribution in [0.15, 0.2) is 65.1 Å². The van der Waals surface area contributed by atoms with Crippen LogP contribution in [0.4, 0.5) is 0 Å². The Morgan fingerprint density at radius 2 is 1.50 bits per heavy atom. The molecule has 0 unspecified atom stereocenters. The van der Waals surface area contributed by atoms with Gasteiger partial charge in [-0.2, -0.15) is 10.5 Å². The molecule has 2 aromatic rings. The first-order valence-corrected chi connectivity index (χ1v) is 8.59. The Labute approximate surface area is 159 Å². The van der Waals surface area contributed by atoms with Crippen molar-refractivity contribution in [1.82, 2.24) is 0 Å². The predicted octanol–water partition coefficient (Wildman–Crippen LogP) is 6.75. The SMILES string of the molecule is N#CC(C#N)=C/C=C(/Sc1cc(Cl)ccc1Cl)c1ccc(Cl)cc1. The highest BCUT2D eigenvalue weighted by Gasteiger charge is 2.08. The zero-order valence-electron chi connectivity index (χ0n) is 12.1. The summed E-state index contributed by atoms with van der Waals surface area (Å²) in [5, 5.41) is 19.5. The lowest BCUT2D eigenvalue weighted by Gasteiger charge is -2.09. The van der Waals surface area contributed by atoms with Gasteiger partial charge in [0.25, 0.3) is 0 Å². The van der Waals surface area contributed by atoms with Crippen molar-refractivity contribution in [2.24, 2.45) is 0 Å². The summed E-state index contributed by atoms with van der Waals surface area (Å²) in [6, 6.07) is 16.1. The summed E-state index contributed by atoms with van der Waals surface area (Å²) in [6.07, 6.45) is 3.17. The van der Waals surface area contributed by atoms with Crippen LogP contribution in [0.25, 0.3) is 4.91 Å². The minimum Gasteiger partial charge on any atom is -0.192 e. The molecule has 0 N–H and O–H groups in total. The molecule has 118 valence electrons. The van der Waals surface area contributed by atoms with Gasteiger partial charge in [-0.3, -0.25) is 0 Å². The van der Waals surface area contributed by atoms with E-state index < -0.39 is 0 Å². The maximum atomic E-state index is 8.88. The lowest BCUT2D eigenvalue weighted by atomic mass is 10.2. The summed E-state index contributed by atoms with van der Waals surface area (Å²) in [5.41, 5.74) is 0.895. The van der Waals surface area contributed by atoms with Gasteiger partial charge in [0.15, 0.2) is 0 Å². The van der Waals surface area contributed by atoms with Gasteiger partial charge in [0.2, 0.25) is 0 Å². The van der Waals surface area contributed by atoms with Gasteiger partial charge in [-0.05, 0) is 48.0 Å². The molecule has 0 fully saturated rings. The molecule has 0 heterocycles. The molecule has 2 rings (SSSR count). The van der Waals surface area contributed by atoms with E-state index in [0.717, 1.165) is 15.4 Å². The van der Waals surface area contributed by atoms with E-state index in [1.165, 1.54) is 17.8 Å². The Morgan fingerprint density at radius 1 is 0.875 bits per heavy atom. The van der Waals surface area contributed by atoms with E-state index in [1.54, 1.807) is 36.4 Å². The number of hydrogen-bond acceptors (Lipinski definition) is 3. The van der Waals surface area contributed by atoms with Gasteiger partial charge in [-0.15, -0.1) is 0 Å². The Bertz CT molecular complexity index is 872. The first-order valence-electron chi connectivity index (χ1n) is 6.64. The highest BCUT2D eigenvalue weighted by molar-refractivity contribution is 8.08. The number of hydrogen-bond donors (Lipinski definition) is 0. The molecule has 0 radical (unpaired) electrons. The van der Waals surface area contributed by atoms with Crippen LogP contribution >= 0.6 is 46.6 Å². The van der Waals surface area contributed by atoms with Crippen LogP contribution in [0.3, 0.4) is 0 Å². The van der Waals surface area contributed by atoms with E-state index in [2.05, 4.69) is 0 Å². The smallest absolute Gasteiger partial charge is 0.129 e. The van der Waals surface area contributed by atoms with Crippen LogP contribution < -0.4 is 0 Å². The van der Waals surface area contributed by atoms with Gasteiger partial charge in [0.1, 0.15) is 17.7 Å². The second-order valence-corrected chi connectivity index (χ2v) is 6.88. The van der Waals surface area contributed by atoms with Gasteiger partial charge < -0.3 is 0 Å². The molecule has 0 saturated carbocycles. The van der Waals surface area contributed by atoms with Gasteiger partial charge in [-0.1, -0.05) is 58.7 Å². The first kappa shape index (κ1) is 18.5. The fourth-order valence-corrected chi connectivity index (χ4v) is 3.31. The molecule has 24 heavy (non-hydrogen) atoms. The molecule has 2 nitrogen and oxygen atoms in total. The third kappa shape index (κ3) is 5.06. The fourth-order valence-electron chi connectivity index (χ4n) is 1.74. The first-order chi connectivity index (χ1) is 11.5. The molecule has 0 aliphatic rings. The van der Waals surface area contributed by atoms with Crippen molar-refractivity contribution >= 4 is 51.5 Å². The van der Waals surface area contributed by atoms with Crippen LogP contribution in [0.1, 0.15) is 5.56 Å². The second kappa shape index (κ2) is 8.83. The average molecular weight is 392 g/mol.